The molecule has 0 fully saturated rings. The molecule has 2 nitrogen and oxygen atoms in total. The van der Waals surface area contributed by atoms with Gasteiger partial charge in [0.15, 0.2) is 0 Å². The van der Waals surface area contributed by atoms with Gasteiger partial charge in [0.05, 0.1) is 0 Å². The number of rotatable bonds is 0. The first kappa shape index (κ1) is 3.76. The van der Waals surface area contributed by atoms with Crippen molar-refractivity contribution in [2.75, 3.05) is 0 Å². The van der Waals surface area contributed by atoms with E-state index in [4.69, 9.17) is 9.35 Å². The summed E-state index contributed by atoms with van der Waals surface area (Å²) in [5.41, 5.74) is 0. The van der Waals surface area contributed by atoms with Crippen LogP contribution in [0.15, 0.2) is 0 Å². The van der Waals surface area contributed by atoms with Gasteiger partial charge >= 0.3 is 16.9 Å². The van der Waals surface area contributed by atoms with Crippen LogP contribution in [0.5, 0.6) is 0 Å². The first-order valence-electron chi connectivity index (χ1n) is 0.591. The number of hydrogen-bond donors (Lipinski definition) is 1. The van der Waals surface area contributed by atoms with E-state index in [1.54, 1.807) is 0 Å². The Morgan fingerprint density at radius 3 is 2.25 bits per heavy atom. The lowest BCUT2D eigenvalue weighted by Gasteiger charge is -1.06. The smallest absolute Gasteiger partial charge is 0.163 e. The maximum absolute atomic E-state index is 8.76. The average Bonchev–Trinajstić information content (AvgIpc) is 1.37. The average molecular weight is 77.1 g/mol. The molecule has 0 aliphatic heterocycles. The predicted molar refractivity (Wildman–Crippen MR) is 15.7 cm³/mol. The highest BCUT2D eigenvalue weighted by molar-refractivity contribution is 7.70. The van der Waals surface area contributed by atoms with Gasteiger partial charge in [-0.05, 0) is 0 Å². The molecule has 0 aromatic carbocycles. The summed E-state index contributed by atoms with van der Waals surface area (Å²) in [6.07, 6.45) is 0. The summed E-state index contributed by atoms with van der Waals surface area (Å²) < 4.78 is 7.37. The van der Waals surface area contributed by atoms with Gasteiger partial charge in [0.25, 0.3) is 0 Å². The second-order valence-corrected chi connectivity index (χ2v) is 0.524. The third kappa shape index (κ3) is 1.76. The molecule has 4 heavy (non-hydrogen) atoms. The second kappa shape index (κ2) is 2.76. The predicted octanol–water partition coefficient (Wildman–Crippen LogP) is -0.391. The zero-order valence-corrected chi connectivity index (χ0v) is 2.58. The summed E-state index contributed by atoms with van der Waals surface area (Å²) in [5, 5.41) is 1.15. The lowest BCUT2D eigenvalue weighted by Crippen LogP contribution is -1.46. The van der Waals surface area contributed by atoms with Crippen molar-refractivity contribution >= 4 is 16.9 Å². The Morgan fingerprint density at radius 2 is 2.25 bits per heavy atom. The van der Waals surface area contributed by atoms with Crippen molar-refractivity contribution in [1.29, 1.82) is 0 Å². The van der Waals surface area contributed by atoms with Crippen molar-refractivity contribution in [3.8, 4) is 0 Å². The summed E-state index contributed by atoms with van der Waals surface area (Å²) in [6.45, 7) is 0. The maximum Gasteiger partial charge on any atom is 0.494 e. The molecule has 0 aromatic heterocycles. The first-order valence-corrected chi connectivity index (χ1v) is 1.36. The van der Waals surface area contributed by atoms with Crippen molar-refractivity contribution in [2.24, 2.45) is 0 Å². The normalized spacial score (nSPS) is 4.25. The molecule has 0 radical (unpaired) electrons. The van der Waals surface area contributed by atoms with E-state index in [0.29, 0.717) is 0 Å². The highest BCUT2D eigenvalue weighted by atomic mass is 32.2. The monoisotopic (exact) mass is 77.0 g/mol. The van der Waals surface area contributed by atoms with Crippen LogP contribution in [-0.2, 0) is 16.4 Å². The molecule has 0 aliphatic carbocycles. The third-order valence-electron chi connectivity index (χ3n) is 0.0373. The molecule has 0 atom stereocenters. The fourth-order valence-electron chi connectivity index (χ4n) is 0. The Bertz CT molecular complexity index is 44.0. The van der Waals surface area contributed by atoms with Crippen molar-refractivity contribution in [3.63, 3.8) is 0 Å². The van der Waals surface area contributed by atoms with Gasteiger partial charge < -0.3 is 0 Å². The Balaban J connectivity index is 3.11. The Hall–Kier alpha value is -0.240. The van der Waals surface area contributed by atoms with Gasteiger partial charge in [-0.2, -0.15) is 4.79 Å². The topological polar surface area (TPSA) is 37.3 Å². The minimum absolute atomic E-state index is 0.0509. The van der Waals surface area contributed by atoms with Gasteiger partial charge in [0.2, 0.25) is 0 Å². The van der Waals surface area contributed by atoms with Crippen LogP contribution in [0.4, 0.5) is 0 Å². The lowest BCUT2D eigenvalue weighted by atomic mass is 11.9. The van der Waals surface area contributed by atoms with Crippen molar-refractivity contribution in [3.05, 3.63) is 0 Å². The first-order chi connectivity index (χ1) is 1.91. The van der Waals surface area contributed by atoms with Crippen LogP contribution in [0.1, 0.15) is 0 Å². The Morgan fingerprint density at radius 1 is 2.00 bits per heavy atom. The summed E-state index contributed by atoms with van der Waals surface area (Å²) in [5.74, 6) is 0. The van der Waals surface area contributed by atoms with Gasteiger partial charge in [-0.3, -0.25) is 0 Å². The molecule has 0 aromatic rings. The number of hydrogen-bond acceptors (Lipinski definition) is 2. The molecule has 0 rings (SSSR count). The largest absolute Gasteiger partial charge is 0.494 e. The van der Waals surface area contributed by atoms with Crippen molar-refractivity contribution in [2.45, 2.75) is 0 Å². The standard InChI is InChI=1S/CHO2S/c2-1-4-3/h3H/q+1. The van der Waals surface area contributed by atoms with E-state index in [1.807, 2.05) is 0 Å². The van der Waals surface area contributed by atoms with Gasteiger partial charge in [-0.15, -0.1) is 4.55 Å². The molecule has 0 saturated carbocycles. The number of carbonyl (C=O) groups excluding carboxylic acids is 1. The fraction of sp³-hybridized carbons (Fsp3) is 0. The minimum atomic E-state index is 0.0509. The molecule has 0 amide bonds. The van der Waals surface area contributed by atoms with Crippen LogP contribution in [0.2, 0.25) is 0 Å². The zero-order valence-electron chi connectivity index (χ0n) is 1.76. The van der Waals surface area contributed by atoms with Crippen LogP contribution in [-0.4, -0.2) is 9.79 Å². The summed E-state index contributed by atoms with van der Waals surface area (Å²) in [7, 11) is 0. The zero-order chi connectivity index (χ0) is 3.41. The van der Waals surface area contributed by atoms with Crippen LogP contribution < -0.4 is 0 Å². The molecule has 0 saturated heterocycles. The van der Waals surface area contributed by atoms with Crippen LogP contribution in [0.25, 0.3) is 0 Å². The van der Waals surface area contributed by atoms with Gasteiger partial charge in [0.1, 0.15) is 0 Å². The Kier molecular flexibility index (Phi) is 2.59. The highest BCUT2D eigenvalue weighted by Crippen LogP contribution is 1.16. The molecule has 0 spiro atoms. The lowest BCUT2D eigenvalue weighted by molar-refractivity contribution is 0.569. The molecule has 3 heteroatoms. The SMILES string of the molecule is O=C=[S+]O. The molecule has 1 N–H and O–H groups in total. The molecule has 0 aliphatic rings. The van der Waals surface area contributed by atoms with E-state index in [9.17, 15) is 0 Å². The molecule has 0 bridgehead atoms. The van der Waals surface area contributed by atoms with Gasteiger partial charge in [-0.1, -0.05) is 0 Å². The van der Waals surface area contributed by atoms with Crippen LogP contribution >= 0.6 is 0 Å². The summed E-state index contributed by atoms with van der Waals surface area (Å²) in [4.78, 5) is 8.76. The summed E-state index contributed by atoms with van der Waals surface area (Å²) >= 11 is 0.0509. The van der Waals surface area contributed by atoms with Crippen LogP contribution in [0, 0.1) is 0 Å². The van der Waals surface area contributed by atoms with Crippen molar-refractivity contribution < 1.29 is 9.35 Å². The molecular formula is CHO2S+. The Labute approximate surface area is 27.2 Å². The van der Waals surface area contributed by atoms with Crippen LogP contribution in [0.3, 0.4) is 0 Å². The highest BCUT2D eigenvalue weighted by Gasteiger charge is 1.64. The fourth-order valence-corrected chi connectivity index (χ4v) is 0. The molecule has 0 heterocycles. The quantitative estimate of drug-likeness (QED) is 0.243. The second-order valence-electron chi connectivity index (χ2n) is 0.175. The molecular weight excluding hydrogens is 76.1 g/mol. The molecule has 22 valence electrons. The van der Waals surface area contributed by atoms with E-state index < -0.39 is 0 Å². The van der Waals surface area contributed by atoms with Gasteiger partial charge in [0, 0.05) is 0 Å². The van der Waals surface area contributed by atoms with Gasteiger partial charge in [-0.25, -0.2) is 0 Å². The van der Waals surface area contributed by atoms with Crippen molar-refractivity contribution in [1.82, 2.24) is 0 Å². The van der Waals surface area contributed by atoms with E-state index in [1.165, 1.54) is 0 Å². The van der Waals surface area contributed by atoms with E-state index in [-0.39, 0.29) is 11.6 Å². The molecule has 0 unspecified atom stereocenters. The van der Waals surface area contributed by atoms with E-state index in [2.05, 4.69) is 0 Å². The van der Waals surface area contributed by atoms with E-state index in [0.717, 1.165) is 5.23 Å². The summed E-state index contributed by atoms with van der Waals surface area (Å²) in [6, 6.07) is 0. The third-order valence-corrected chi connectivity index (χ3v) is 0.112. The minimum Gasteiger partial charge on any atom is -0.163 e. The maximum atomic E-state index is 8.76. The van der Waals surface area contributed by atoms with E-state index >= 15 is 0 Å².